The van der Waals surface area contributed by atoms with E-state index in [1.165, 1.54) is 24.4 Å². The molecule has 1 heterocycles. The largest absolute Gasteiger partial charge is 0.360 e. The first-order valence-corrected chi connectivity index (χ1v) is 8.59. The lowest BCUT2D eigenvalue weighted by atomic mass is 10.1. The topological polar surface area (TPSA) is 163 Å². The third-order valence-corrected chi connectivity index (χ3v) is 4.08. The van der Waals surface area contributed by atoms with E-state index >= 15 is 0 Å². The molecule has 152 valence electrons. The number of aromatic nitrogens is 1. The van der Waals surface area contributed by atoms with E-state index in [0.29, 0.717) is 10.9 Å². The van der Waals surface area contributed by atoms with Crippen LogP contribution in [0.5, 0.6) is 0 Å². The Morgan fingerprint density at radius 1 is 1.00 bits per heavy atom. The Hall–Kier alpha value is -4.54. The summed E-state index contributed by atoms with van der Waals surface area (Å²) < 4.78 is 0. The summed E-state index contributed by atoms with van der Waals surface area (Å²) in [6.45, 7) is -0.514. The van der Waals surface area contributed by atoms with Gasteiger partial charge in [-0.2, -0.15) is 0 Å². The standard InChI is InChI=1S/C19H15N5O6/c25-16(22-23-18(27)11-4-3-5-12(8-11)24(29)30)10-21-19(28)14-9-20-15-7-2-1-6-13(15)17(14)26/h1-9H,10H2,(H,20,26)(H,21,28)(H,22,25)(H,23,27). The Morgan fingerprint density at radius 3 is 2.53 bits per heavy atom. The number of hydrogen-bond acceptors (Lipinski definition) is 6. The number of nitrogens with zero attached hydrogens (tertiary/aromatic N) is 1. The molecule has 3 rings (SSSR count). The summed E-state index contributed by atoms with van der Waals surface area (Å²) >= 11 is 0. The van der Waals surface area contributed by atoms with Crippen LogP contribution in [0.15, 0.2) is 59.5 Å². The number of non-ortho nitro benzene ring substituents is 1. The molecule has 2 aromatic carbocycles. The van der Waals surface area contributed by atoms with Crippen molar-refractivity contribution in [2.24, 2.45) is 0 Å². The number of benzene rings is 2. The lowest BCUT2D eigenvalue weighted by Crippen LogP contribution is -2.46. The van der Waals surface area contributed by atoms with Gasteiger partial charge in [0.1, 0.15) is 5.56 Å². The highest BCUT2D eigenvalue weighted by Gasteiger charge is 2.15. The summed E-state index contributed by atoms with van der Waals surface area (Å²) in [6.07, 6.45) is 1.25. The Morgan fingerprint density at radius 2 is 1.77 bits per heavy atom. The third kappa shape index (κ3) is 4.47. The van der Waals surface area contributed by atoms with E-state index in [4.69, 9.17) is 0 Å². The van der Waals surface area contributed by atoms with Crippen LogP contribution in [0.2, 0.25) is 0 Å². The molecule has 0 radical (unpaired) electrons. The minimum absolute atomic E-state index is 0.0313. The van der Waals surface area contributed by atoms with Gasteiger partial charge in [0.25, 0.3) is 23.4 Å². The number of nitro groups is 1. The Labute approximate surface area is 168 Å². The average Bonchev–Trinajstić information content (AvgIpc) is 2.76. The normalized spacial score (nSPS) is 10.3. The van der Waals surface area contributed by atoms with Crippen molar-refractivity contribution in [1.29, 1.82) is 0 Å². The lowest BCUT2D eigenvalue weighted by Gasteiger charge is -2.09. The summed E-state index contributed by atoms with van der Waals surface area (Å²) in [6, 6.07) is 11.6. The second kappa shape index (κ2) is 8.65. The van der Waals surface area contributed by atoms with Crippen molar-refractivity contribution >= 4 is 34.3 Å². The zero-order chi connectivity index (χ0) is 21.7. The van der Waals surface area contributed by atoms with Crippen LogP contribution in [0.4, 0.5) is 5.69 Å². The Balaban J connectivity index is 1.56. The van der Waals surface area contributed by atoms with Gasteiger partial charge < -0.3 is 10.3 Å². The molecular formula is C19H15N5O6. The highest BCUT2D eigenvalue weighted by Crippen LogP contribution is 2.12. The van der Waals surface area contributed by atoms with Crippen molar-refractivity contribution in [2.45, 2.75) is 0 Å². The Kier molecular flexibility index (Phi) is 5.82. The third-order valence-electron chi connectivity index (χ3n) is 4.08. The number of nitrogens with one attached hydrogen (secondary N) is 4. The molecule has 0 saturated carbocycles. The number of carbonyl (C=O) groups excluding carboxylic acids is 3. The van der Waals surface area contributed by atoms with Crippen LogP contribution in [-0.2, 0) is 4.79 Å². The van der Waals surface area contributed by atoms with Gasteiger partial charge in [0.2, 0.25) is 5.43 Å². The molecule has 3 aromatic rings. The van der Waals surface area contributed by atoms with Gasteiger partial charge in [-0.1, -0.05) is 18.2 Å². The Bertz CT molecular complexity index is 1220. The summed E-state index contributed by atoms with van der Waals surface area (Å²) in [5.74, 6) is -2.30. The van der Waals surface area contributed by atoms with E-state index in [2.05, 4.69) is 21.2 Å². The second-order valence-corrected chi connectivity index (χ2v) is 6.07. The molecule has 0 saturated heterocycles. The molecule has 0 atom stereocenters. The number of pyridine rings is 1. The zero-order valence-corrected chi connectivity index (χ0v) is 15.3. The summed E-state index contributed by atoms with van der Waals surface area (Å²) in [5, 5.41) is 13.4. The highest BCUT2D eigenvalue weighted by molar-refractivity contribution is 5.99. The molecule has 0 unspecified atom stereocenters. The summed E-state index contributed by atoms with van der Waals surface area (Å²) in [5.41, 5.74) is 3.77. The number of H-pyrrole nitrogens is 1. The van der Waals surface area contributed by atoms with Crippen molar-refractivity contribution < 1.29 is 19.3 Å². The van der Waals surface area contributed by atoms with E-state index in [9.17, 15) is 29.3 Å². The molecule has 30 heavy (non-hydrogen) atoms. The number of para-hydroxylation sites is 1. The van der Waals surface area contributed by atoms with Gasteiger partial charge in [-0.25, -0.2) is 0 Å². The van der Waals surface area contributed by atoms with Gasteiger partial charge >= 0.3 is 0 Å². The summed E-state index contributed by atoms with van der Waals surface area (Å²) in [4.78, 5) is 61.3. The van der Waals surface area contributed by atoms with E-state index in [0.717, 1.165) is 6.07 Å². The van der Waals surface area contributed by atoms with Crippen LogP contribution >= 0.6 is 0 Å². The minimum Gasteiger partial charge on any atom is -0.360 e. The van der Waals surface area contributed by atoms with E-state index in [1.54, 1.807) is 24.3 Å². The molecule has 0 bridgehead atoms. The number of fused-ring (bicyclic) bond motifs is 1. The smallest absolute Gasteiger partial charge is 0.270 e. The van der Waals surface area contributed by atoms with E-state index in [-0.39, 0.29) is 16.8 Å². The van der Waals surface area contributed by atoms with Crippen molar-refractivity contribution in [1.82, 2.24) is 21.2 Å². The average molecular weight is 409 g/mol. The molecule has 11 heteroatoms. The number of aromatic amines is 1. The van der Waals surface area contributed by atoms with Gasteiger partial charge in [0.05, 0.1) is 11.5 Å². The maximum Gasteiger partial charge on any atom is 0.270 e. The van der Waals surface area contributed by atoms with Gasteiger partial charge in [0.15, 0.2) is 0 Å². The van der Waals surface area contributed by atoms with Gasteiger partial charge in [-0.15, -0.1) is 0 Å². The molecule has 4 N–H and O–H groups in total. The molecule has 0 aliphatic heterocycles. The van der Waals surface area contributed by atoms with Crippen LogP contribution in [0, 0.1) is 10.1 Å². The highest BCUT2D eigenvalue weighted by atomic mass is 16.6. The predicted molar refractivity (Wildman–Crippen MR) is 106 cm³/mol. The van der Waals surface area contributed by atoms with Crippen LogP contribution in [0.1, 0.15) is 20.7 Å². The molecule has 0 aliphatic rings. The number of amides is 3. The maximum absolute atomic E-state index is 12.4. The first-order chi connectivity index (χ1) is 14.4. The van der Waals surface area contributed by atoms with Crippen LogP contribution in [0.25, 0.3) is 10.9 Å². The second-order valence-electron chi connectivity index (χ2n) is 6.07. The zero-order valence-electron chi connectivity index (χ0n) is 15.3. The fraction of sp³-hybridized carbons (Fsp3) is 0.0526. The molecule has 1 aromatic heterocycles. The molecule has 0 fully saturated rings. The number of rotatable bonds is 5. The van der Waals surface area contributed by atoms with Crippen LogP contribution in [-0.4, -0.2) is 34.2 Å². The first-order valence-electron chi connectivity index (χ1n) is 8.59. The first kappa shape index (κ1) is 20.2. The number of hydrogen-bond donors (Lipinski definition) is 4. The SMILES string of the molecule is O=C(CNC(=O)c1c[nH]c2ccccc2c1=O)NNC(=O)c1cccc([N+](=O)[O-])c1. The van der Waals surface area contributed by atoms with Crippen LogP contribution in [0.3, 0.4) is 0 Å². The molecule has 0 spiro atoms. The molecule has 0 aliphatic carbocycles. The quantitative estimate of drug-likeness (QED) is 0.357. The van der Waals surface area contributed by atoms with Crippen LogP contribution < -0.4 is 21.6 Å². The maximum atomic E-state index is 12.4. The van der Waals surface area contributed by atoms with Crippen molar-refractivity contribution in [3.05, 3.63) is 86.2 Å². The number of carbonyl (C=O) groups is 3. The molecule has 3 amide bonds. The van der Waals surface area contributed by atoms with Crippen molar-refractivity contribution in [3.8, 4) is 0 Å². The molecule has 11 nitrogen and oxygen atoms in total. The fourth-order valence-corrected chi connectivity index (χ4v) is 2.60. The summed E-state index contributed by atoms with van der Waals surface area (Å²) in [7, 11) is 0. The van der Waals surface area contributed by atoms with Gasteiger partial charge in [-0.05, 0) is 18.2 Å². The van der Waals surface area contributed by atoms with Gasteiger partial charge in [0, 0.05) is 34.8 Å². The number of nitro benzene ring substituents is 1. The minimum atomic E-state index is -0.774. The lowest BCUT2D eigenvalue weighted by molar-refractivity contribution is -0.384. The number of hydrazine groups is 1. The van der Waals surface area contributed by atoms with E-state index < -0.39 is 34.6 Å². The fourth-order valence-electron chi connectivity index (χ4n) is 2.60. The van der Waals surface area contributed by atoms with Crippen molar-refractivity contribution in [3.63, 3.8) is 0 Å². The predicted octanol–water partition coefficient (Wildman–Crippen LogP) is 0.627. The van der Waals surface area contributed by atoms with Crippen molar-refractivity contribution in [2.75, 3.05) is 6.54 Å². The van der Waals surface area contributed by atoms with E-state index in [1.807, 2.05) is 0 Å². The molecular weight excluding hydrogens is 394 g/mol. The van der Waals surface area contributed by atoms with Gasteiger partial charge in [-0.3, -0.25) is 40.1 Å². The monoisotopic (exact) mass is 409 g/mol.